The molecule has 0 saturated heterocycles. The van der Waals surface area contributed by atoms with Gasteiger partial charge in [0, 0.05) is 12.7 Å². The Labute approximate surface area is 110 Å². The molecule has 0 aliphatic rings. The number of benzene rings is 1. The molecular formula is C13H15N3O3. The quantitative estimate of drug-likeness (QED) is 0.863. The molecule has 2 N–H and O–H groups in total. The van der Waals surface area contributed by atoms with Crippen molar-refractivity contribution in [3.8, 4) is 5.75 Å². The fourth-order valence-electron chi connectivity index (χ4n) is 1.74. The molecule has 0 aliphatic heterocycles. The van der Waals surface area contributed by atoms with Gasteiger partial charge in [-0.3, -0.25) is 4.68 Å². The minimum absolute atomic E-state index is 0.119. The van der Waals surface area contributed by atoms with Gasteiger partial charge in [-0.15, -0.1) is 0 Å². The smallest absolute Gasteiger partial charge is 0.356 e. The molecule has 6 heteroatoms. The van der Waals surface area contributed by atoms with Gasteiger partial charge in [-0.2, -0.15) is 5.10 Å². The molecule has 100 valence electrons. The van der Waals surface area contributed by atoms with Crippen LogP contribution in [0.4, 0.5) is 11.4 Å². The first kappa shape index (κ1) is 12.9. The maximum atomic E-state index is 11.1. The highest BCUT2D eigenvalue weighted by Gasteiger charge is 2.15. The molecule has 6 nitrogen and oxygen atoms in total. The molecule has 0 spiro atoms. The van der Waals surface area contributed by atoms with Crippen molar-refractivity contribution in [3.63, 3.8) is 0 Å². The molecule has 0 bridgehead atoms. The Bertz CT molecular complexity index is 575. The van der Waals surface area contributed by atoms with Gasteiger partial charge in [0.1, 0.15) is 5.75 Å². The number of carbonyl (C=O) groups is 1. The summed E-state index contributed by atoms with van der Waals surface area (Å²) in [5, 5.41) is 16.1. The number of anilines is 2. The first-order valence-electron chi connectivity index (χ1n) is 5.87. The summed E-state index contributed by atoms with van der Waals surface area (Å²) in [4.78, 5) is 11.1. The Kier molecular flexibility index (Phi) is 3.70. The highest BCUT2D eigenvalue weighted by molar-refractivity contribution is 5.93. The van der Waals surface area contributed by atoms with Crippen LogP contribution in [0, 0.1) is 0 Å². The van der Waals surface area contributed by atoms with Gasteiger partial charge < -0.3 is 15.2 Å². The standard InChI is InChI=1S/C13H15N3O3/c1-3-19-10-6-4-9(5-7-10)15-11-8-14-16(2)12(11)13(17)18/h4-8,15H,3H2,1-2H3,(H,17,18). The Balaban J connectivity index is 2.19. The van der Waals surface area contributed by atoms with Gasteiger partial charge in [-0.25, -0.2) is 4.79 Å². The molecule has 0 unspecified atom stereocenters. The molecule has 1 heterocycles. The Hall–Kier alpha value is -2.50. The van der Waals surface area contributed by atoms with Crippen molar-refractivity contribution in [2.24, 2.45) is 7.05 Å². The molecule has 0 fully saturated rings. The van der Waals surface area contributed by atoms with Crippen molar-refractivity contribution in [1.82, 2.24) is 9.78 Å². The Morgan fingerprint density at radius 3 is 2.68 bits per heavy atom. The fraction of sp³-hybridized carbons (Fsp3) is 0.231. The van der Waals surface area contributed by atoms with E-state index in [2.05, 4.69) is 10.4 Å². The average molecular weight is 261 g/mol. The summed E-state index contributed by atoms with van der Waals surface area (Å²) >= 11 is 0. The van der Waals surface area contributed by atoms with E-state index < -0.39 is 5.97 Å². The maximum absolute atomic E-state index is 11.1. The van der Waals surface area contributed by atoms with Crippen LogP contribution in [0.25, 0.3) is 0 Å². The van der Waals surface area contributed by atoms with E-state index in [1.165, 1.54) is 10.9 Å². The molecule has 0 amide bonds. The maximum Gasteiger partial charge on any atom is 0.356 e. The predicted octanol–water partition coefficient (Wildman–Crippen LogP) is 2.26. The van der Waals surface area contributed by atoms with E-state index in [4.69, 9.17) is 9.84 Å². The fourth-order valence-corrected chi connectivity index (χ4v) is 1.74. The van der Waals surface area contributed by atoms with E-state index in [-0.39, 0.29) is 5.69 Å². The lowest BCUT2D eigenvalue weighted by Gasteiger charge is -2.07. The topological polar surface area (TPSA) is 76.4 Å². The molecule has 1 aromatic heterocycles. The van der Waals surface area contributed by atoms with Crippen molar-refractivity contribution in [2.45, 2.75) is 6.92 Å². The van der Waals surface area contributed by atoms with E-state index in [1.807, 2.05) is 31.2 Å². The van der Waals surface area contributed by atoms with Gasteiger partial charge in [0.15, 0.2) is 5.69 Å². The Morgan fingerprint density at radius 2 is 2.11 bits per heavy atom. The number of carboxylic acids is 1. The molecule has 0 saturated carbocycles. The zero-order valence-corrected chi connectivity index (χ0v) is 10.8. The van der Waals surface area contributed by atoms with Crippen LogP contribution in [0.2, 0.25) is 0 Å². The van der Waals surface area contributed by atoms with E-state index in [9.17, 15) is 4.79 Å². The van der Waals surface area contributed by atoms with Gasteiger partial charge in [0.2, 0.25) is 0 Å². The van der Waals surface area contributed by atoms with Crippen LogP contribution in [0.5, 0.6) is 5.75 Å². The van der Waals surface area contributed by atoms with Crippen molar-refractivity contribution < 1.29 is 14.6 Å². The number of aromatic nitrogens is 2. The van der Waals surface area contributed by atoms with Gasteiger partial charge in [0.25, 0.3) is 0 Å². The van der Waals surface area contributed by atoms with E-state index >= 15 is 0 Å². The van der Waals surface area contributed by atoms with Crippen LogP contribution >= 0.6 is 0 Å². The van der Waals surface area contributed by atoms with Crippen molar-refractivity contribution in [2.75, 3.05) is 11.9 Å². The molecule has 0 radical (unpaired) electrons. The van der Waals surface area contributed by atoms with Crippen LogP contribution in [0.15, 0.2) is 30.5 Å². The second-order valence-corrected chi connectivity index (χ2v) is 3.92. The van der Waals surface area contributed by atoms with E-state index in [0.29, 0.717) is 12.3 Å². The monoisotopic (exact) mass is 261 g/mol. The lowest BCUT2D eigenvalue weighted by atomic mass is 10.2. The second-order valence-electron chi connectivity index (χ2n) is 3.92. The minimum atomic E-state index is -1.02. The van der Waals surface area contributed by atoms with Crippen LogP contribution in [0.3, 0.4) is 0 Å². The summed E-state index contributed by atoms with van der Waals surface area (Å²) in [5.74, 6) is -0.244. The van der Waals surface area contributed by atoms with Gasteiger partial charge in [-0.1, -0.05) is 0 Å². The third-order valence-corrected chi connectivity index (χ3v) is 2.59. The summed E-state index contributed by atoms with van der Waals surface area (Å²) in [6.07, 6.45) is 1.49. The third kappa shape index (κ3) is 2.85. The predicted molar refractivity (Wildman–Crippen MR) is 71.1 cm³/mol. The van der Waals surface area contributed by atoms with E-state index in [0.717, 1.165) is 11.4 Å². The summed E-state index contributed by atoms with van der Waals surface area (Å²) in [6, 6.07) is 7.29. The average Bonchev–Trinajstić information content (AvgIpc) is 2.73. The number of ether oxygens (including phenoxy) is 1. The summed E-state index contributed by atoms with van der Waals surface area (Å²) in [5.41, 5.74) is 1.35. The lowest BCUT2D eigenvalue weighted by Crippen LogP contribution is -2.07. The summed E-state index contributed by atoms with van der Waals surface area (Å²) in [7, 11) is 1.59. The van der Waals surface area contributed by atoms with Crippen molar-refractivity contribution in [1.29, 1.82) is 0 Å². The largest absolute Gasteiger partial charge is 0.494 e. The number of hydrogen-bond donors (Lipinski definition) is 2. The molecule has 0 aliphatic carbocycles. The number of nitrogens with one attached hydrogen (secondary N) is 1. The van der Waals surface area contributed by atoms with Crippen LogP contribution in [-0.2, 0) is 7.05 Å². The number of carboxylic acid groups (broad SMARTS) is 1. The zero-order valence-electron chi connectivity index (χ0n) is 10.8. The lowest BCUT2D eigenvalue weighted by molar-refractivity contribution is 0.0686. The second kappa shape index (κ2) is 5.43. The minimum Gasteiger partial charge on any atom is -0.494 e. The van der Waals surface area contributed by atoms with Gasteiger partial charge >= 0.3 is 5.97 Å². The number of hydrogen-bond acceptors (Lipinski definition) is 4. The van der Waals surface area contributed by atoms with E-state index in [1.54, 1.807) is 7.05 Å². The molecule has 2 rings (SSSR count). The summed E-state index contributed by atoms with van der Waals surface area (Å²) in [6.45, 7) is 2.53. The molecular weight excluding hydrogens is 246 g/mol. The van der Waals surface area contributed by atoms with Crippen LogP contribution in [0.1, 0.15) is 17.4 Å². The van der Waals surface area contributed by atoms with Gasteiger partial charge in [0.05, 0.1) is 18.5 Å². The molecule has 19 heavy (non-hydrogen) atoms. The van der Waals surface area contributed by atoms with Crippen molar-refractivity contribution in [3.05, 3.63) is 36.2 Å². The first-order chi connectivity index (χ1) is 9.11. The SMILES string of the molecule is CCOc1ccc(Nc2cnn(C)c2C(=O)O)cc1. The van der Waals surface area contributed by atoms with Crippen molar-refractivity contribution >= 4 is 17.3 Å². The number of nitrogens with zero attached hydrogens (tertiary/aromatic N) is 2. The highest BCUT2D eigenvalue weighted by atomic mass is 16.5. The molecule has 0 atom stereocenters. The zero-order chi connectivity index (χ0) is 13.8. The third-order valence-electron chi connectivity index (χ3n) is 2.59. The Morgan fingerprint density at radius 1 is 1.42 bits per heavy atom. The summed E-state index contributed by atoms with van der Waals surface area (Å²) < 4.78 is 6.66. The number of rotatable bonds is 5. The number of aryl methyl sites for hydroxylation is 1. The molecule has 1 aromatic carbocycles. The normalized spacial score (nSPS) is 10.2. The van der Waals surface area contributed by atoms with Crippen LogP contribution in [-0.4, -0.2) is 27.5 Å². The molecule has 2 aromatic rings. The van der Waals surface area contributed by atoms with Gasteiger partial charge in [-0.05, 0) is 31.2 Å². The van der Waals surface area contributed by atoms with Crippen LogP contribution < -0.4 is 10.1 Å². The first-order valence-corrected chi connectivity index (χ1v) is 5.87. The number of aromatic carboxylic acids is 1. The highest BCUT2D eigenvalue weighted by Crippen LogP contribution is 2.22.